The van der Waals surface area contributed by atoms with E-state index in [9.17, 15) is 9.59 Å². The van der Waals surface area contributed by atoms with Crippen LogP contribution in [0.2, 0.25) is 0 Å². The lowest BCUT2D eigenvalue weighted by Crippen LogP contribution is -2.44. The van der Waals surface area contributed by atoms with Crippen molar-refractivity contribution in [2.45, 2.75) is 38.2 Å². The van der Waals surface area contributed by atoms with E-state index in [2.05, 4.69) is 35.2 Å². The maximum Gasteiger partial charge on any atom is 0.253 e. The van der Waals surface area contributed by atoms with Gasteiger partial charge in [0.05, 0.1) is 5.92 Å². The van der Waals surface area contributed by atoms with Gasteiger partial charge < -0.3 is 20.3 Å². The number of primary amides is 1. The number of hydrogen-bond acceptors (Lipinski definition) is 4. The molecule has 2 saturated heterocycles. The quantitative estimate of drug-likeness (QED) is 0.725. The van der Waals surface area contributed by atoms with Crippen LogP contribution in [0.4, 0.5) is 0 Å². The summed E-state index contributed by atoms with van der Waals surface area (Å²) < 4.78 is 6.18. The van der Waals surface area contributed by atoms with Crippen molar-refractivity contribution in [1.29, 1.82) is 0 Å². The normalized spacial score (nSPS) is 20.1. The Morgan fingerprint density at radius 1 is 0.938 bits per heavy atom. The number of piperidine rings is 2. The molecule has 0 spiro atoms. The number of benzene rings is 2. The monoisotopic (exact) mass is 435 g/mol. The number of ether oxygens (including phenoxy) is 1. The standard InChI is InChI=1S/C26H33N3O3/c27-25(30)22-7-4-15-29(19-22)26(31)21-8-10-23(11-9-21)32-24-13-17-28(18-14-24)16-12-20-5-2-1-3-6-20/h1-3,5-6,8-11,22,24H,4,7,12-19H2,(H2,27,30). The molecule has 2 aliphatic heterocycles. The second-order valence-electron chi connectivity index (χ2n) is 8.91. The molecule has 2 heterocycles. The predicted octanol–water partition coefficient (Wildman–Crippen LogP) is 3.11. The molecule has 0 bridgehead atoms. The molecule has 0 aromatic heterocycles. The fourth-order valence-electron chi connectivity index (χ4n) is 4.63. The highest BCUT2D eigenvalue weighted by Crippen LogP contribution is 2.22. The molecule has 6 nitrogen and oxygen atoms in total. The van der Waals surface area contributed by atoms with E-state index in [-0.39, 0.29) is 23.8 Å². The Morgan fingerprint density at radius 3 is 2.34 bits per heavy atom. The molecular formula is C26H33N3O3. The van der Waals surface area contributed by atoms with Crippen LogP contribution >= 0.6 is 0 Å². The smallest absolute Gasteiger partial charge is 0.253 e. The maximum absolute atomic E-state index is 12.8. The number of nitrogens with two attached hydrogens (primary N) is 1. The number of hydrogen-bond donors (Lipinski definition) is 1. The van der Waals surface area contributed by atoms with E-state index in [0.29, 0.717) is 18.7 Å². The van der Waals surface area contributed by atoms with Crippen molar-refractivity contribution in [2.24, 2.45) is 11.7 Å². The van der Waals surface area contributed by atoms with Crippen molar-refractivity contribution in [2.75, 3.05) is 32.7 Å². The Balaban J connectivity index is 1.23. The first kappa shape index (κ1) is 22.3. The van der Waals surface area contributed by atoms with Crippen LogP contribution < -0.4 is 10.5 Å². The largest absolute Gasteiger partial charge is 0.490 e. The van der Waals surface area contributed by atoms with E-state index in [1.165, 1.54) is 5.56 Å². The molecule has 170 valence electrons. The van der Waals surface area contributed by atoms with Crippen LogP contribution in [0.1, 0.15) is 41.6 Å². The van der Waals surface area contributed by atoms with E-state index in [1.54, 1.807) is 4.90 Å². The van der Waals surface area contributed by atoms with Gasteiger partial charge in [-0.3, -0.25) is 9.59 Å². The second-order valence-corrected chi connectivity index (χ2v) is 8.91. The molecule has 2 aromatic rings. The summed E-state index contributed by atoms with van der Waals surface area (Å²) in [6.45, 7) is 4.26. The first-order valence-corrected chi connectivity index (χ1v) is 11.7. The Bertz CT molecular complexity index is 892. The Hall–Kier alpha value is -2.86. The summed E-state index contributed by atoms with van der Waals surface area (Å²) in [4.78, 5) is 28.5. The van der Waals surface area contributed by atoms with Gasteiger partial charge in [-0.1, -0.05) is 30.3 Å². The van der Waals surface area contributed by atoms with Crippen molar-refractivity contribution in [1.82, 2.24) is 9.80 Å². The summed E-state index contributed by atoms with van der Waals surface area (Å²) >= 11 is 0. The zero-order valence-electron chi connectivity index (χ0n) is 18.6. The van der Waals surface area contributed by atoms with Gasteiger partial charge in [0.25, 0.3) is 5.91 Å². The SMILES string of the molecule is NC(=O)C1CCCN(C(=O)c2ccc(OC3CCN(CCc4ccccc4)CC3)cc2)C1. The molecule has 2 N–H and O–H groups in total. The van der Waals surface area contributed by atoms with Gasteiger partial charge in [-0.15, -0.1) is 0 Å². The van der Waals surface area contributed by atoms with Crippen LogP contribution in [-0.2, 0) is 11.2 Å². The zero-order chi connectivity index (χ0) is 22.3. The van der Waals surface area contributed by atoms with Crippen molar-refractivity contribution in [3.8, 4) is 5.75 Å². The van der Waals surface area contributed by atoms with E-state index in [4.69, 9.17) is 10.5 Å². The number of likely N-dealkylation sites (tertiary alicyclic amines) is 2. The van der Waals surface area contributed by atoms with Crippen LogP contribution in [0.3, 0.4) is 0 Å². The van der Waals surface area contributed by atoms with Crippen molar-refractivity contribution in [3.63, 3.8) is 0 Å². The highest BCUT2D eigenvalue weighted by Gasteiger charge is 2.27. The Labute approximate surface area is 190 Å². The second kappa shape index (κ2) is 10.6. The van der Waals surface area contributed by atoms with Gasteiger partial charge in [0.1, 0.15) is 11.9 Å². The van der Waals surface area contributed by atoms with Crippen molar-refractivity contribution in [3.05, 3.63) is 65.7 Å². The average molecular weight is 436 g/mol. The van der Waals surface area contributed by atoms with E-state index >= 15 is 0 Å². The number of rotatable bonds is 7. The minimum Gasteiger partial charge on any atom is -0.490 e. The fraction of sp³-hybridized carbons (Fsp3) is 0.462. The lowest BCUT2D eigenvalue weighted by Gasteiger charge is -2.32. The fourth-order valence-corrected chi connectivity index (χ4v) is 4.63. The molecule has 1 unspecified atom stereocenters. The summed E-state index contributed by atoms with van der Waals surface area (Å²) in [6.07, 6.45) is 4.89. The molecule has 4 rings (SSSR count). The molecule has 0 radical (unpaired) electrons. The van der Waals surface area contributed by atoms with E-state index in [1.807, 2.05) is 24.3 Å². The van der Waals surface area contributed by atoms with Gasteiger partial charge in [-0.25, -0.2) is 0 Å². The molecule has 2 amide bonds. The molecule has 2 aromatic carbocycles. The number of nitrogens with zero attached hydrogens (tertiary/aromatic N) is 2. The summed E-state index contributed by atoms with van der Waals surface area (Å²) in [5.41, 5.74) is 7.44. The van der Waals surface area contributed by atoms with Gasteiger partial charge >= 0.3 is 0 Å². The van der Waals surface area contributed by atoms with Gasteiger partial charge in [0, 0.05) is 38.3 Å². The minimum absolute atomic E-state index is 0.0470. The highest BCUT2D eigenvalue weighted by molar-refractivity contribution is 5.94. The molecule has 0 aliphatic carbocycles. The summed E-state index contributed by atoms with van der Waals surface area (Å²) in [7, 11) is 0. The third-order valence-corrected chi connectivity index (χ3v) is 6.61. The van der Waals surface area contributed by atoms with Crippen LogP contribution in [0.15, 0.2) is 54.6 Å². The van der Waals surface area contributed by atoms with Gasteiger partial charge in [-0.05, 0) is 61.9 Å². The Kier molecular flexibility index (Phi) is 7.43. The molecule has 2 fully saturated rings. The van der Waals surface area contributed by atoms with E-state index in [0.717, 1.165) is 57.5 Å². The lowest BCUT2D eigenvalue weighted by atomic mass is 9.97. The minimum atomic E-state index is -0.322. The first-order chi connectivity index (χ1) is 15.6. The first-order valence-electron chi connectivity index (χ1n) is 11.7. The van der Waals surface area contributed by atoms with Gasteiger partial charge in [0.15, 0.2) is 0 Å². The van der Waals surface area contributed by atoms with Crippen molar-refractivity contribution < 1.29 is 14.3 Å². The van der Waals surface area contributed by atoms with Crippen LogP contribution in [-0.4, -0.2) is 60.4 Å². The summed E-state index contributed by atoms with van der Waals surface area (Å²) in [5, 5.41) is 0. The molecule has 32 heavy (non-hydrogen) atoms. The third kappa shape index (κ3) is 5.88. The lowest BCUT2D eigenvalue weighted by molar-refractivity contribution is -0.123. The molecule has 6 heteroatoms. The van der Waals surface area contributed by atoms with Crippen LogP contribution in [0.5, 0.6) is 5.75 Å². The topological polar surface area (TPSA) is 75.9 Å². The van der Waals surface area contributed by atoms with Crippen LogP contribution in [0, 0.1) is 5.92 Å². The van der Waals surface area contributed by atoms with Gasteiger partial charge in [0.2, 0.25) is 5.91 Å². The highest BCUT2D eigenvalue weighted by atomic mass is 16.5. The summed E-state index contributed by atoms with van der Waals surface area (Å²) in [5.74, 6) is 0.193. The average Bonchev–Trinajstić information content (AvgIpc) is 2.84. The molecule has 2 aliphatic rings. The molecule has 1 atom stereocenters. The summed E-state index contributed by atoms with van der Waals surface area (Å²) in [6, 6.07) is 18.0. The Morgan fingerprint density at radius 2 is 1.66 bits per heavy atom. The number of carbonyl (C=O) groups excluding carboxylic acids is 2. The molecular weight excluding hydrogens is 402 g/mol. The third-order valence-electron chi connectivity index (χ3n) is 6.61. The van der Waals surface area contributed by atoms with E-state index < -0.39 is 0 Å². The maximum atomic E-state index is 12.8. The zero-order valence-corrected chi connectivity index (χ0v) is 18.6. The van der Waals surface area contributed by atoms with Gasteiger partial charge in [-0.2, -0.15) is 0 Å². The van der Waals surface area contributed by atoms with Crippen LogP contribution in [0.25, 0.3) is 0 Å². The number of amides is 2. The number of carbonyl (C=O) groups is 2. The predicted molar refractivity (Wildman–Crippen MR) is 124 cm³/mol. The van der Waals surface area contributed by atoms with Crippen molar-refractivity contribution >= 4 is 11.8 Å². The molecule has 0 saturated carbocycles.